The number of amides is 1. The molecule has 1 amide bonds. The van der Waals surface area contributed by atoms with E-state index in [2.05, 4.69) is 31.4 Å². The average molecular weight is 297 g/mol. The molecule has 0 radical (unpaired) electrons. The minimum atomic E-state index is 0.341. The van der Waals surface area contributed by atoms with Gasteiger partial charge >= 0.3 is 0 Å². The van der Waals surface area contributed by atoms with Gasteiger partial charge < -0.3 is 15.5 Å². The number of piperidine rings is 1. The van der Waals surface area contributed by atoms with Gasteiger partial charge in [0, 0.05) is 31.6 Å². The molecule has 0 aromatic carbocycles. The van der Waals surface area contributed by atoms with E-state index in [1.807, 2.05) is 4.90 Å². The second kappa shape index (κ2) is 11.0. The molecule has 4 heteroatoms. The van der Waals surface area contributed by atoms with Crippen molar-refractivity contribution in [3.8, 4) is 0 Å². The van der Waals surface area contributed by atoms with Gasteiger partial charge in [0.1, 0.15) is 0 Å². The van der Waals surface area contributed by atoms with Crippen LogP contribution in [0.5, 0.6) is 0 Å². The fourth-order valence-electron chi connectivity index (χ4n) is 3.09. The SMILES string of the molecule is CCCN(CCC)C(=O)CCCC(C)NC1CCNCC1. The molecule has 0 saturated carbocycles. The van der Waals surface area contributed by atoms with Crippen LogP contribution in [0.15, 0.2) is 0 Å². The Morgan fingerprint density at radius 3 is 2.43 bits per heavy atom. The molecule has 0 aliphatic carbocycles. The summed E-state index contributed by atoms with van der Waals surface area (Å²) in [6.45, 7) is 10.6. The highest BCUT2D eigenvalue weighted by atomic mass is 16.2. The van der Waals surface area contributed by atoms with Gasteiger partial charge in [-0.05, 0) is 58.5 Å². The number of carbonyl (C=O) groups excluding carboxylic acids is 1. The smallest absolute Gasteiger partial charge is 0.222 e. The standard InChI is InChI=1S/C17H35N3O/c1-4-13-20(14-5-2)17(21)8-6-7-15(3)19-16-9-11-18-12-10-16/h15-16,18-19H,4-14H2,1-3H3. The molecule has 0 aromatic heterocycles. The maximum absolute atomic E-state index is 12.2. The summed E-state index contributed by atoms with van der Waals surface area (Å²) in [6.07, 6.45) is 7.37. The number of hydrogen-bond acceptors (Lipinski definition) is 3. The van der Waals surface area contributed by atoms with Crippen LogP contribution in [0.25, 0.3) is 0 Å². The van der Waals surface area contributed by atoms with Crippen LogP contribution in [0.1, 0.15) is 65.7 Å². The zero-order valence-corrected chi connectivity index (χ0v) is 14.3. The molecule has 0 spiro atoms. The van der Waals surface area contributed by atoms with E-state index in [-0.39, 0.29) is 0 Å². The first-order valence-electron chi connectivity index (χ1n) is 8.91. The quantitative estimate of drug-likeness (QED) is 0.651. The van der Waals surface area contributed by atoms with Crippen molar-refractivity contribution in [2.75, 3.05) is 26.2 Å². The Morgan fingerprint density at radius 1 is 1.24 bits per heavy atom. The summed E-state index contributed by atoms with van der Waals surface area (Å²) in [5.74, 6) is 0.341. The van der Waals surface area contributed by atoms with E-state index in [4.69, 9.17) is 0 Å². The Hall–Kier alpha value is -0.610. The van der Waals surface area contributed by atoms with E-state index >= 15 is 0 Å². The first-order valence-corrected chi connectivity index (χ1v) is 8.91. The van der Waals surface area contributed by atoms with Gasteiger partial charge in [-0.25, -0.2) is 0 Å². The third-order valence-electron chi connectivity index (χ3n) is 4.23. The van der Waals surface area contributed by atoms with Gasteiger partial charge in [0.05, 0.1) is 0 Å². The lowest BCUT2D eigenvalue weighted by molar-refractivity contribution is -0.131. The molecule has 1 unspecified atom stereocenters. The second-order valence-electron chi connectivity index (χ2n) is 6.37. The minimum absolute atomic E-state index is 0.341. The summed E-state index contributed by atoms with van der Waals surface area (Å²) in [5, 5.41) is 7.10. The molecule has 1 saturated heterocycles. The molecule has 21 heavy (non-hydrogen) atoms. The fraction of sp³-hybridized carbons (Fsp3) is 0.941. The first kappa shape index (κ1) is 18.4. The molecule has 1 aliphatic heterocycles. The molecule has 2 N–H and O–H groups in total. The second-order valence-corrected chi connectivity index (χ2v) is 6.37. The largest absolute Gasteiger partial charge is 0.343 e. The monoisotopic (exact) mass is 297 g/mol. The van der Waals surface area contributed by atoms with Crippen LogP contribution < -0.4 is 10.6 Å². The summed E-state index contributed by atoms with van der Waals surface area (Å²) in [7, 11) is 0. The van der Waals surface area contributed by atoms with Crippen molar-refractivity contribution < 1.29 is 4.79 Å². The summed E-state index contributed by atoms with van der Waals surface area (Å²) in [5.41, 5.74) is 0. The van der Waals surface area contributed by atoms with Crippen LogP contribution in [0.2, 0.25) is 0 Å². The molecule has 0 bridgehead atoms. The van der Waals surface area contributed by atoms with E-state index in [0.29, 0.717) is 24.4 Å². The highest BCUT2D eigenvalue weighted by Crippen LogP contribution is 2.09. The van der Waals surface area contributed by atoms with Crippen molar-refractivity contribution in [3.05, 3.63) is 0 Å². The molecule has 1 fully saturated rings. The molecule has 1 aliphatic rings. The lowest BCUT2D eigenvalue weighted by Crippen LogP contribution is -2.43. The zero-order chi connectivity index (χ0) is 15.5. The molecule has 4 nitrogen and oxygen atoms in total. The maximum atomic E-state index is 12.2. The highest BCUT2D eigenvalue weighted by Gasteiger charge is 2.16. The Morgan fingerprint density at radius 2 is 1.86 bits per heavy atom. The summed E-state index contributed by atoms with van der Waals surface area (Å²) >= 11 is 0. The molecular formula is C17H35N3O. The minimum Gasteiger partial charge on any atom is -0.343 e. The Bertz CT molecular complexity index is 271. The van der Waals surface area contributed by atoms with Crippen molar-refractivity contribution in [1.82, 2.24) is 15.5 Å². The molecule has 1 heterocycles. The molecule has 1 rings (SSSR count). The number of carbonyl (C=O) groups is 1. The van der Waals surface area contributed by atoms with Crippen molar-refractivity contribution in [2.24, 2.45) is 0 Å². The van der Waals surface area contributed by atoms with Crippen molar-refractivity contribution in [1.29, 1.82) is 0 Å². The topological polar surface area (TPSA) is 44.4 Å². The van der Waals surface area contributed by atoms with Gasteiger partial charge in [-0.1, -0.05) is 13.8 Å². The predicted octanol–water partition coefficient (Wildman–Crippen LogP) is 2.54. The molecule has 124 valence electrons. The molecular weight excluding hydrogens is 262 g/mol. The first-order chi connectivity index (χ1) is 10.2. The van der Waals surface area contributed by atoms with E-state index in [1.54, 1.807) is 0 Å². The lowest BCUT2D eigenvalue weighted by atomic mass is 10.0. The third kappa shape index (κ3) is 7.82. The van der Waals surface area contributed by atoms with Gasteiger partial charge in [0.25, 0.3) is 0 Å². The lowest BCUT2D eigenvalue weighted by Gasteiger charge is -2.27. The summed E-state index contributed by atoms with van der Waals surface area (Å²) in [4.78, 5) is 14.2. The van der Waals surface area contributed by atoms with Crippen molar-refractivity contribution >= 4 is 5.91 Å². The van der Waals surface area contributed by atoms with Crippen LogP contribution in [0, 0.1) is 0 Å². The van der Waals surface area contributed by atoms with Crippen LogP contribution >= 0.6 is 0 Å². The Balaban J connectivity index is 2.16. The number of nitrogens with zero attached hydrogens (tertiary/aromatic N) is 1. The van der Waals surface area contributed by atoms with E-state index in [9.17, 15) is 4.79 Å². The normalized spacial score (nSPS) is 17.7. The fourth-order valence-corrected chi connectivity index (χ4v) is 3.09. The van der Waals surface area contributed by atoms with E-state index in [1.165, 1.54) is 12.8 Å². The Kier molecular flexibility index (Phi) is 9.68. The van der Waals surface area contributed by atoms with Gasteiger partial charge in [-0.3, -0.25) is 4.79 Å². The number of hydrogen-bond donors (Lipinski definition) is 2. The van der Waals surface area contributed by atoms with Crippen molar-refractivity contribution in [2.45, 2.75) is 77.8 Å². The Labute approximate surface area is 131 Å². The average Bonchev–Trinajstić information content (AvgIpc) is 2.48. The van der Waals surface area contributed by atoms with Crippen LogP contribution in [-0.2, 0) is 4.79 Å². The maximum Gasteiger partial charge on any atom is 0.222 e. The van der Waals surface area contributed by atoms with Crippen LogP contribution in [-0.4, -0.2) is 49.1 Å². The van der Waals surface area contributed by atoms with Crippen molar-refractivity contribution in [3.63, 3.8) is 0 Å². The molecule has 0 aromatic rings. The van der Waals surface area contributed by atoms with Gasteiger partial charge in [0.2, 0.25) is 5.91 Å². The third-order valence-corrected chi connectivity index (χ3v) is 4.23. The molecule has 1 atom stereocenters. The van der Waals surface area contributed by atoms with E-state index < -0.39 is 0 Å². The van der Waals surface area contributed by atoms with Crippen LogP contribution in [0.3, 0.4) is 0 Å². The van der Waals surface area contributed by atoms with E-state index in [0.717, 1.165) is 51.9 Å². The van der Waals surface area contributed by atoms with Crippen LogP contribution in [0.4, 0.5) is 0 Å². The zero-order valence-electron chi connectivity index (χ0n) is 14.3. The summed E-state index contributed by atoms with van der Waals surface area (Å²) in [6, 6.07) is 1.18. The number of nitrogens with one attached hydrogen (secondary N) is 2. The van der Waals surface area contributed by atoms with Gasteiger partial charge in [-0.15, -0.1) is 0 Å². The van der Waals surface area contributed by atoms with Gasteiger partial charge in [0.15, 0.2) is 0 Å². The number of rotatable bonds is 10. The summed E-state index contributed by atoms with van der Waals surface area (Å²) < 4.78 is 0. The predicted molar refractivity (Wildman–Crippen MR) is 89.5 cm³/mol. The van der Waals surface area contributed by atoms with Gasteiger partial charge in [-0.2, -0.15) is 0 Å². The highest BCUT2D eigenvalue weighted by molar-refractivity contribution is 5.76.